The van der Waals surface area contributed by atoms with Crippen LogP contribution in [0.5, 0.6) is 0 Å². The summed E-state index contributed by atoms with van der Waals surface area (Å²) in [5.41, 5.74) is -0.287. The van der Waals surface area contributed by atoms with E-state index in [1.807, 2.05) is 18.7 Å². The number of hydrogen-bond donors (Lipinski definition) is 0. The third-order valence-electron chi connectivity index (χ3n) is 2.59. The summed E-state index contributed by atoms with van der Waals surface area (Å²) >= 11 is 5.82. The van der Waals surface area contributed by atoms with Crippen LogP contribution in [0.2, 0.25) is 0 Å². The van der Waals surface area contributed by atoms with Crippen LogP contribution in [-0.4, -0.2) is 41.5 Å². The van der Waals surface area contributed by atoms with Crippen LogP contribution < -0.4 is 0 Å². The molecule has 0 N–H and O–H groups in total. The van der Waals surface area contributed by atoms with Crippen molar-refractivity contribution in [3.05, 3.63) is 0 Å². The van der Waals surface area contributed by atoms with Crippen molar-refractivity contribution in [2.24, 2.45) is 5.92 Å². The van der Waals surface area contributed by atoms with Gasteiger partial charge in [-0.15, -0.1) is 11.6 Å². The zero-order valence-corrected chi connectivity index (χ0v) is 11.4. The van der Waals surface area contributed by atoms with E-state index in [0.29, 0.717) is 31.3 Å². The smallest absolute Gasteiger partial charge is 0.223 e. The first-order valence-electron chi connectivity index (χ1n) is 5.85. The van der Waals surface area contributed by atoms with E-state index in [2.05, 4.69) is 13.8 Å². The highest BCUT2D eigenvalue weighted by Crippen LogP contribution is 2.22. The molecule has 1 amide bonds. The van der Waals surface area contributed by atoms with Crippen LogP contribution in [0.25, 0.3) is 0 Å². The lowest BCUT2D eigenvalue weighted by atomic mass is 10.0. The molecular formula is C12H22ClNO2. The lowest BCUT2D eigenvalue weighted by Crippen LogP contribution is -2.55. The van der Waals surface area contributed by atoms with Crippen molar-refractivity contribution in [2.75, 3.05) is 19.0 Å². The minimum absolute atomic E-state index is 0.0403. The van der Waals surface area contributed by atoms with Gasteiger partial charge in [0.05, 0.1) is 17.6 Å². The highest BCUT2D eigenvalue weighted by molar-refractivity contribution is 6.18. The fraction of sp³-hybridized carbons (Fsp3) is 0.917. The Morgan fingerprint density at radius 2 is 2.19 bits per heavy atom. The molecule has 0 spiro atoms. The quantitative estimate of drug-likeness (QED) is 0.716. The molecule has 0 bridgehead atoms. The Hall–Kier alpha value is -0.280. The number of ether oxygens (including phenoxy) is 1. The second-order valence-corrected chi connectivity index (χ2v) is 5.83. The second kappa shape index (κ2) is 5.37. The molecule has 0 aliphatic carbocycles. The Balaban J connectivity index is 2.62. The first-order valence-corrected chi connectivity index (χ1v) is 6.39. The predicted octanol–water partition coefficient (Wildman–Crippen LogP) is 2.28. The molecule has 0 aromatic heterocycles. The van der Waals surface area contributed by atoms with Crippen LogP contribution in [0.3, 0.4) is 0 Å². The van der Waals surface area contributed by atoms with Gasteiger partial charge in [0, 0.05) is 19.5 Å². The molecule has 0 aromatic carbocycles. The van der Waals surface area contributed by atoms with Gasteiger partial charge in [-0.2, -0.15) is 0 Å². The van der Waals surface area contributed by atoms with E-state index in [4.69, 9.17) is 16.3 Å². The molecule has 1 fully saturated rings. The van der Waals surface area contributed by atoms with Gasteiger partial charge < -0.3 is 9.64 Å². The maximum atomic E-state index is 12.0. The average Bonchev–Trinajstić information content (AvgIpc) is 2.14. The SMILES string of the molecule is CC(C)CC(=O)N1CC(CCl)OC(C)(C)C1. The van der Waals surface area contributed by atoms with E-state index < -0.39 is 0 Å². The molecule has 1 unspecified atom stereocenters. The molecule has 0 aromatic rings. The highest BCUT2D eigenvalue weighted by atomic mass is 35.5. The molecular weight excluding hydrogens is 226 g/mol. The van der Waals surface area contributed by atoms with Crippen molar-refractivity contribution in [3.63, 3.8) is 0 Å². The van der Waals surface area contributed by atoms with E-state index in [9.17, 15) is 4.79 Å². The summed E-state index contributed by atoms with van der Waals surface area (Å²) < 4.78 is 5.78. The largest absolute Gasteiger partial charge is 0.367 e. The number of amides is 1. The summed E-state index contributed by atoms with van der Waals surface area (Å²) in [6, 6.07) is 0. The first kappa shape index (κ1) is 13.8. The van der Waals surface area contributed by atoms with Gasteiger partial charge in [-0.25, -0.2) is 0 Å². The second-order valence-electron chi connectivity index (χ2n) is 5.53. The van der Waals surface area contributed by atoms with Crippen molar-refractivity contribution < 1.29 is 9.53 Å². The van der Waals surface area contributed by atoms with Gasteiger partial charge in [0.2, 0.25) is 5.91 Å². The zero-order valence-electron chi connectivity index (χ0n) is 10.6. The molecule has 1 aliphatic heterocycles. The van der Waals surface area contributed by atoms with Crippen molar-refractivity contribution in [1.29, 1.82) is 0 Å². The minimum atomic E-state index is -0.287. The topological polar surface area (TPSA) is 29.5 Å². The van der Waals surface area contributed by atoms with E-state index in [1.165, 1.54) is 0 Å². The molecule has 94 valence electrons. The summed E-state index contributed by atoms with van der Waals surface area (Å²) in [6.45, 7) is 9.40. The van der Waals surface area contributed by atoms with Crippen LogP contribution in [0.1, 0.15) is 34.1 Å². The van der Waals surface area contributed by atoms with Gasteiger partial charge in [-0.1, -0.05) is 13.8 Å². The molecule has 4 heteroatoms. The Morgan fingerprint density at radius 3 is 2.69 bits per heavy atom. The van der Waals surface area contributed by atoms with Crippen LogP contribution in [0, 0.1) is 5.92 Å². The molecule has 1 atom stereocenters. The Morgan fingerprint density at radius 1 is 1.56 bits per heavy atom. The van der Waals surface area contributed by atoms with Crippen LogP contribution >= 0.6 is 11.6 Å². The highest BCUT2D eigenvalue weighted by Gasteiger charge is 2.35. The number of hydrogen-bond acceptors (Lipinski definition) is 2. The summed E-state index contributed by atoms with van der Waals surface area (Å²) in [5, 5.41) is 0. The molecule has 0 saturated carbocycles. The van der Waals surface area contributed by atoms with Gasteiger partial charge in [-0.05, 0) is 19.8 Å². The van der Waals surface area contributed by atoms with Gasteiger partial charge in [-0.3, -0.25) is 4.79 Å². The number of carbonyl (C=O) groups is 1. The third-order valence-corrected chi connectivity index (χ3v) is 2.93. The van der Waals surface area contributed by atoms with E-state index >= 15 is 0 Å². The molecule has 3 nitrogen and oxygen atoms in total. The molecule has 1 saturated heterocycles. The zero-order chi connectivity index (χ0) is 12.3. The van der Waals surface area contributed by atoms with Crippen molar-refractivity contribution >= 4 is 17.5 Å². The van der Waals surface area contributed by atoms with E-state index in [-0.39, 0.29) is 17.6 Å². The standard InChI is InChI=1S/C12H22ClNO2/c1-9(2)5-11(15)14-7-10(6-13)16-12(3,4)8-14/h9-10H,5-8H2,1-4H3. The van der Waals surface area contributed by atoms with Gasteiger partial charge in [0.15, 0.2) is 0 Å². The fourth-order valence-corrected chi connectivity index (χ4v) is 2.20. The normalized spacial score (nSPS) is 24.9. The number of alkyl halides is 1. The number of rotatable bonds is 3. The summed E-state index contributed by atoms with van der Waals surface area (Å²) in [4.78, 5) is 13.9. The maximum Gasteiger partial charge on any atom is 0.223 e. The maximum absolute atomic E-state index is 12.0. The molecule has 0 radical (unpaired) electrons. The Labute approximate surface area is 103 Å². The van der Waals surface area contributed by atoms with E-state index in [1.54, 1.807) is 0 Å². The molecule has 1 heterocycles. The molecule has 1 aliphatic rings. The van der Waals surface area contributed by atoms with Crippen LogP contribution in [0.15, 0.2) is 0 Å². The van der Waals surface area contributed by atoms with Gasteiger partial charge >= 0.3 is 0 Å². The van der Waals surface area contributed by atoms with Crippen molar-refractivity contribution in [1.82, 2.24) is 4.90 Å². The third kappa shape index (κ3) is 3.95. The number of morpholine rings is 1. The summed E-state index contributed by atoms with van der Waals surface area (Å²) in [5.74, 6) is 1.05. The molecule has 1 rings (SSSR count). The van der Waals surface area contributed by atoms with Crippen molar-refractivity contribution in [3.8, 4) is 0 Å². The Kier molecular flexibility index (Phi) is 4.62. The predicted molar refractivity (Wildman–Crippen MR) is 65.7 cm³/mol. The van der Waals surface area contributed by atoms with Gasteiger partial charge in [0.1, 0.15) is 0 Å². The van der Waals surface area contributed by atoms with Crippen molar-refractivity contribution in [2.45, 2.75) is 45.8 Å². The first-order chi connectivity index (χ1) is 7.34. The lowest BCUT2D eigenvalue weighted by molar-refractivity contribution is -0.158. The number of nitrogens with zero attached hydrogens (tertiary/aromatic N) is 1. The lowest BCUT2D eigenvalue weighted by Gasteiger charge is -2.42. The summed E-state index contributed by atoms with van der Waals surface area (Å²) in [7, 11) is 0. The Bertz CT molecular complexity index is 253. The average molecular weight is 248 g/mol. The minimum Gasteiger partial charge on any atom is -0.367 e. The van der Waals surface area contributed by atoms with Crippen LogP contribution in [-0.2, 0) is 9.53 Å². The monoisotopic (exact) mass is 247 g/mol. The van der Waals surface area contributed by atoms with E-state index in [0.717, 1.165) is 0 Å². The van der Waals surface area contributed by atoms with Crippen LogP contribution in [0.4, 0.5) is 0 Å². The summed E-state index contributed by atoms with van der Waals surface area (Å²) in [6.07, 6.45) is 0.562. The molecule has 16 heavy (non-hydrogen) atoms. The van der Waals surface area contributed by atoms with Gasteiger partial charge in [0.25, 0.3) is 0 Å². The number of halogens is 1. The fourth-order valence-electron chi connectivity index (χ4n) is 2.04. The number of carbonyl (C=O) groups excluding carboxylic acids is 1.